The fourth-order valence-corrected chi connectivity index (χ4v) is 2.92. The Hall–Kier alpha value is -0.870. The van der Waals surface area contributed by atoms with Gasteiger partial charge in [0.2, 0.25) is 0 Å². The number of nitrogens with zero attached hydrogens (tertiary/aromatic N) is 3. The Morgan fingerprint density at radius 3 is 2.84 bits per heavy atom. The summed E-state index contributed by atoms with van der Waals surface area (Å²) in [5.74, 6) is 0. The summed E-state index contributed by atoms with van der Waals surface area (Å²) in [6.45, 7) is 10.1. The van der Waals surface area contributed by atoms with Crippen molar-refractivity contribution in [3.05, 3.63) is 18.0 Å². The van der Waals surface area contributed by atoms with Gasteiger partial charge in [-0.3, -0.25) is 9.58 Å². The number of aryl methyl sites for hydroxylation is 1. The monoisotopic (exact) mass is 264 g/mol. The molecule has 0 saturated carbocycles. The Morgan fingerprint density at radius 1 is 1.47 bits per heavy atom. The van der Waals surface area contributed by atoms with Gasteiger partial charge in [-0.2, -0.15) is 5.10 Å². The smallest absolute Gasteiger partial charge is 0.0764 e. The topological polar surface area (TPSA) is 33.1 Å². The zero-order chi connectivity index (χ0) is 13.9. The Morgan fingerprint density at radius 2 is 2.26 bits per heavy atom. The maximum Gasteiger partial charge on any atom is 0.0764 e. The fraction of sp³-hybridized carbons (Fsp3) is 0.800. The number of aromatic nitrogens is 2. The summed E-state index contributed by atoms with van der Waals surface area (Å²) < 4.78 is 1.89. The quantitative estimate of drug-likeness (QED) is 0.885. The molecule has 2 unspecified atom stereocenters. The van der Waals surface area contributed by atoms with Crippen LogP contribution in [0, 0.1) is 0 Å². The molecule has 1 aliphatic heterocycles. The average molecular weight is 264 g/mol. The minimum Gasteiger partial charge on any atom is -0.311 e. The van der Waals surface area contributed by atoms with E-state index in [2.05, 4.69) is 42.2 Å². The minimum atomic E-state index is 0.252. The molecule has 2 rings (SSSR count). The summed E-state index contributed by atoms with van der Waals surface area (Å²) in [5.41, 5.74) is 1.43. The predicted octanol–water partition coefficient (Wildman–Crippen LogP) is 2.16. The van der Waals surface area contributed by atoms with Crippen LogP contribution in [0.1, 0.15) is 45.7 Å². The lowest BCUT2D eigenvalue weighted by Crippen LogP contribution is -2.62. The zero-order valence-corrected chi connectivity index (χ0v) is 12.8. The van der Waals surface area contributed by atoms with Gasteiger partial charge in [0.05, 0.1) is 5.69 Å². The molecule has 2 atom stereocenters. The van der Waals surface area contributed by atoms with Crippen molar-refractivity contribution in [1.29, 1.82) is 0 Å². The van der Waals surface area contributed by atoms with Gasteiger partial charge in [-0.1, -0.05) is 20.3 Å². The van der Waals surface area contributed by atoms with Crippen molar-refractivity contribution in [3.63, 3.8) is 0 Å². The van der Waals surface area contributed by atoms with E-state index in [9.17, 15) is 0 Å². The first-order valence-electron chi connectivity index (χ1n) is 7.54. The predicted molar refractivity (Wildman–Crippen MR) is 79.0 cm³/mol. The van der Waals surface area contributed by atoms with Crippen molar-refractivity contribution >= 4 is 0 Å². The molecule has 2 heterocycles. The fourth-order valence-electron chi connectivity index (χ4n) is 2.92. The van der Waals surface area contributed by atoms with E-state index >= 15 is 0 Å². The van der Waals surface area contributed by atoms with E-state index in [0.717, 1.165) is 19.6 Å². The summed E-state index contributed by atoms with van der Waals surface area (Å²) in [6.07, 6.45) is 5.71. The van der Waals surface area contributed by atoms with Crippen LogP contribution in [0.3, 0.4) is 0 Å². The van der Waals surface area contributed by atoms with Gasteiger partial charge in [0, 0.05) is 44.5 Å². The van der Waals surface area contributed by atoms with E-state index in [1.165, 1.54) is 25.0 Å². The molecule has 19 heavy (non-hydrogen) atoms. The third kappa shape index (κ3) is 3.37. The molecule has 1 aromatic heterocycles. The van der Waals surface area contributed by atoms with Gasteiger partial charge in [0.25, 0.3) is 0 Å². The normalized spacial score (nSPS) is 28.7. The van der Waals surface area contributed by atoms with Gasteiger partial charge in [-0.05, 0) is 25.8 Å². The van der Waals surface area contributed by atoms with Crippen LogP contribution in [0.2, 0.25) is 0 Å². The Labute approximate surface area is 117 Å². The molecular formula is C15H28N4. The van der Waals surface area contributed by atoms with Crippen LogP contribution < -0.4 is 5.32 Å². The highest BCUT2D eigenvalue weighted by molar-refractivity contribution is 5.03. The van der Waals surface area contributed by atoms with Crippen LogP contribution in [0.15, 0.2) is 12.3 Å². The number of rotatable bonds is 5. The molecule has 0 aliphatic carbocycles. The van der Waals surface area contributed by atoms with Crippen molar-refractivity contribution in [2.24, 2.45) is 7.05 Å². The van der Waals surface area contributed by atoms with E-state index in [-0.39, 0.29) is 5.54 Å². The molecular weight excluding hydrogens is 236 g/mol. The van der Waals surface area contributed by atoms with Crippen LogP contribution in [-0.4, -0.2) is 39.4 Å². The standard InChI is InChI=1S/C15H28N4/c1-5-7-13-10-19(15(3,6-2)12-16-13)11-14-8-9-18(4)17-14/h8-9,13,16H,5-7,10-12H2,1-4H3. The lowest BCUT2D eigenvalue weighted by Gasteiger charge is -2.47. The molecule has 1 aromatic rings. The van der Waals surface area contributed by atoms with E-state index in [1.54, 1.807) is 0 Å². The minimum absolute atomic E-state index is 0.252. The highest BCUT2D eigenvalue weighted by Crippen LogP contribution is 2.25. The SMILES string of the molecule is CCCC1CN(Cc2ccn(C)n2)C(C)(CC)CN1. The molecule has 0 amide bonds. The molecule has 4 nitrogen and oxygen atoms in total. The highest BCUT2D eigenvalue weighted by atomic mass is 15.3. The van der Waals surface area contributed by atoms with Crippen LogP contribution in [0.4, 0.5) is 0 Å². The second-order valence-electron chi connectivity index (χ2n) is 6.08. The van der Waals surface area contributed by atoms with E-state index in [0.29, 0.717) is 6.04 Å². The zero-order valence-electron chi connectivity index (χ0n) is 12.8. The first-order chi connectivity index (χ1) is 9.07. The maximum absolute atomic E-state index is 4.53. The van der Waals surface area contributed by atoms with Crippen molar-refractivity contribution in [1.82, 2.24) is 20.0 Å². The third-order valence-corrected chi connectivity index (χ3v) is 4.50. The summed E-state index contributed by atoms with van der Waals surface area (Å²) >= 11 is 0. The van der Waals surface area contributed by atoms with Gasteiger partial charge in [-0.25, -0.2) is 0 Å². The lowest BCUT2D eigenvalue weighted by atomic mass is 9.91. The molecule has 0 bridgehead atoms. The van der Waals surface area contributed by atoms with Crippen molar-refractivity contribution < 1.29 is 0 Å². The van der Waals surface area contributed by atoms with Gasteiger partial charge in [0.15, 0.2) is 0 Å². The molecule has 0 radical (unpaired) electrons. The molecule has 1 fully saturated rings. The summed E-state index contributed by atoms with van der Waals surface area (Å²) in [4.78, 5) is 2.62. The van der Waals surface area contributed by atoms with Crippen molar-refractivity contribution in [2.75, 3.05) is 13.1 Å². The lowest BCUT2D eigenvalue weighted by molar-refractivity contribution is 0.0385. The van der Waals surface area contributed by atoms with Gasteiger partial charge >= 0.3 is 0 Å². The van der Waals surface area contributed by atoms with Crippen LogP contribution >= 0.6 is 0 Å². The van der Waals surface area contributed by atoms with Crippen molar-refractivity contribution in [2.45, 2.75) is 58.2 Å². The number of piperazine rings is 1. The van der Waals surface area contributed by atoms with E-state index < -0.39 is 0 Å². The maximum atomic E-state index is 4.53. The summed E-state index contributed by atoms with van der Waals surface area (Å²) in [6, 6.07) is 2.76. The van der Waals surface area contributed by atoms with Crippen LogP contribution in [0.25, 0.3) is 0 Å². The largest absolute Gasteiger partial charge is 0.311 e. The third-order valence-electron chi connectivity index (χ3n) is 4.50. The van der Waals surface area contributed by atoms with Crippen molar-refractivity contribution in [3.8, 4) is 0 Å². The molecule has 1 saturated heterocycles. The molecule has 1 N–H and O–H groups in total. The first kappa shape index (κ1) is 14.5. The van der Waals surface area contributed by atoms with Gasteiger partial charge in [-0.15, -0.1) is 0 Å². The summed E-state index contributed by atoms with van der Waals surface area (Å²) in [5, 5.41) is 8.25. The average Bonchev–Trinajstić information content (AvgIpc) is 2.80. The highest BCUT2D eigenvalue weighted by Gasteiger charge is 2.36. The van der Waals surface area contributed by atoms with Gasteiger partial charge in [0.1, 0.15) is 0 Å². The Kier molecular flexibility index (Phi) is 4.63. The molecule has 108 valence electrons. The van der Waals surface area contributed by atoms with Gasteiger partial charge < -0.3 is 5.32 Å². The number of hydrogen-bond acceptors (Lipinski definition) is 3. The molecule has 1 aliphatic rings. The van der Waals surface area contributed by atoms with Crippen LogP contribution in [0.5, 0.6) is 0 Å². The number of hydrogen-bond donors (Lipinski definition) is 1. The molecule has 0 spiro atoms. The Balaban J connectivity index is 2.07. The van der Waals surface area contributed by atoms with E-state index in [1.807, 2.05) is 17.9 Å². The summed E-state index contributed by atoms with van der Waals surface area (Å²) in [7, 11) is 1.99. The van der Waals surface area contributed by atoms with Crippen LogP contribution in [-0.2, 0) is 13.6 Å². The molecule has 0 aromatic carbocycles. The second kappa shape index (κ2) is 6.06. The second-order valence-corrected chi connectivity index (χ2v) is 6.08. The number of nitrogens with one attached hydrogen (secondary N) is 1. The Bertz CT molecular complexity index is 401. The van der Waals surface area contributed by atoms with E-state index in [4.69, 9.17) is 0 Å². The molecule has 4 heteroatoms. The first-order valence-corrected chi connectivity index (χ1v) is 7.54.